The van der Waals surface area contributed by atoms with Crippen molar-refractivity contribution in [1.82, 2.24) is 4.98 Å². The molecule has 0 saturated heterocycles. The Bertz CT molecular complexity index is 1000. The molecule has 9 heteroatoms. The van der Waals surface area contributed by atoms with E-state index in [4.69, 9.17) is 9.56 Å². The summed E-state index contributed by atoms with van der Waals surface area (Å²) in [7, 11) is -3.68. The van der Waals surface area contributed by atoms with Crippen molar-refractivity contribution >= 4 is 15.8 Å². The molecule has 0 aliphatic heterocycles. The Kier molecular flexibility index (Phi) is 6.66. The molecule has 3 N–H and O–H groups in total. The van der Waals surface area contributed by atoms with Crippen molar-refractivity contribution in [3.05, 3.63) is 46.7 Å². The van der Waals surface area contributed by atoms with Crippen LogP contribution in [0.4, 0.5) is 4.39 Å². The molecule has 0 saturated carbocycles. The predicted octanol–water partition coefficient (Wildman–Crippen LogP) is 3.76. The minimum atomic E-state index is -3.68. The molecule has 0 bridgehead atoms. The molecular formula is C20H28FN3O4S. The standard InChI is InChI=1S/C20H28FN3O4S/c1-11(2)14-7-13(21)8-15(12(3)4)16(14)9-17(25)24-29(22,27)18-10-23-19(28-18)20(5,6)26/h7-8,10-12,26H,9H2,1-6H3,(H2,22,24,25,27). The van der Waals surface area contributed by atoms with Crippen LogP contribution in [-0.4, -0.2) is 20.2 Å². The lowest BCUT2D eigenvalue weighted by atomic mass is 9.87. The molecule has 1 aromatic carbocycles. The first-order valence-electron chi connectivity index (χ1n) is 9.31. The van der Waals surface area contributed by atoms with Gasteiger partial charge in [-0.1, -0.05) is 27.7 Å². The number of hydrogen-bond donors (Lipinski definition) is 2. The Morgan fingerprint density at radius 3 is 2.21 bits per heavy atom. The van der Waals surface area contributed by atoms with Crippen LogP contribution in [0.2, 0.25) is 0 Å². The molecule has 1 amide bonds. The first-order chi connectivity index (χ1) is 13.2. The van der Waals surface area contributed by atoms with Gasteiger partial charge in [-0.25, -0.2) is 18.7 Å². The first kappa shape index (κ1) is 23.2. The second-order valence-corrected chi connectivity index (χ2v) is 9.87. The van der Waals surface area contributed by atoms with Crippen molar-refractivity contribution in [3.63, 3.8) is 0 Å². The number of carbonyl (C=O) groups is 1. The van der Waals surface area contributed by atoms with E-state index in [1.165, 1.54) is 26.0 Å². The summed E-state index contributed by atoms with van der Waals surface area (Å²) in [5.74, 6) is -1.20. The van der Waals surface area contributed by atoms with Gasteiger partial charge in [-0.3, -0.25) is 4.79 Å². The van der Waals surface area contributed by atoms with Crippen LogP contribution < -0.4 is 5.14 Å². The Balaban J connectivity index is 2.44. The predicted molar refractivity (Wildman–Crippen MR) is 108 cm³/mol. The number of nitrogens with zero attached hydrogens (tertiary/aromatic N) is 2. The zero-order valence-corrected chi connectivity index (χ0v) is 18.3. The molecule has 2 rings (SSSR count). The number of oxazole rings is 1. The highest BCUT2D eigenvalue weighted by atomic mass is 32.2. The van der Waals surface area contributed by atoms with Crippen LogP contribution in [0.5, 0.6) is 0 Å². The molecule has 7 nitrogen and oxygen atoms in total. The second kappa shape index (κ2) is 8.33. The summed E-state index contributed by atoms with van der Waals surface area (Å²) in [6.45, 7) is 10.5. The van der Waals surface area contributed by atoms with E-state index in [0.717, 1.165) is 6.20 Å². The monoisotopic (exact) mass is 425 g/mol. The van der Waals surface area contributed by atoms with Gasteiger partial charge >= 0.3 is 0 Å². The molecule has 1 unspecified atom stereocenters. The molecule has 160 valence electrons. The number of benzene rings is 1. The summed E-state index contributed by atoms with van der Waals surface area (Å²) in [5, 5.41) is 15.4. The maximum absolute atomic E-state index is 14.0. The van der Waals surface area contributed by atoms with Crippen molar-refractivity contribution < 1.29 is 22.9 Å². The Labute approximate surface area is 170 Å². The molecule has 0 aliphatic carbocycles. The van der Waals surface area contributed by atoms with Crippen molar-refractivity contribution in [2.45, 2.75) is 70.5 Å². The molecule has 1 heterocycles. The lowest BCUT2D eigenvalue weighted by Gasteiger charge is -2.19. The molecule has 0 radical (unpaired) electrons. The van der Waals surface area contributed by atoms with Crippen LogP contribution in [0.15, 0.2) is 32.2 Å². The van der Waals surface area contributed by atoms with Gasteiger partial charge < -0.3 is 9.52 Å². The van der Waals surface area contributed by atoms with Crippen LogP contribution in [-0.2, 0) is 26.7 Å². The highest BCUT2D eigenvalue weighted by molar-refractivity contribution is 7.91. The van der Waals surface area contributed by atoms with Crippen molar-refractivity contribution in [2.24, 2.45) is 9.50 Å². The fourth-order valence-corrected chi connectivity index (χ4v) is 3.83. The van der Waals surface area contributed by atoms with E-state index in [2.05, 4.69) is 9.35 Å². The third kappa shape index (κ3) is 5.49. The lowest BCUT2D eigenvalue weighted by molar-refractivity contribution is -0.117. The topological polar surface area (TPSA) is 119 Å². The average molecular weight is 426 g/mol. The van der Waals surface area contributed by atoms with Crippen molar-refractivity contribution in [3.8, 4) is 0 Å². The molecule has 0 aliphatic rings. The number of halogens is 1. The van der Waals surface area contributed by atoms with Crippen LogP contribution in [0.1, 0.15) is 76.0 Å². The third-order valence-corrected chi connectivity index (χ3v) is 5.63. The van der Waals surface area contributed by atoms with Crippen LogP contribution in [0, 0.1) is 5.82 Å². The summed E-state index contributed by atoms with van der Waals surface area (Å²) in [6, 6.07) is 2.82. The Hall–Kier alpha value is -2.10. The fourth-order valence-electron chi connectivity index (χ4n) is 2.97. The van der Waals surface area contributed by atoms with Crippen LogP contribution in [0.25, 0.3) is 0 Å². The Morgan fingerprint density at radius 1 is 1.28 bits per heavy atom. The molecule has 1 atom stereocenters. The summed E-state index contributed by atoms with van der Waals surface area (Å²) >= 11 is 0. The van der Waals surface area contributed by atoms with Gasteiger partial charge in [-0.05, 0) is 54.5 Å². The van der Waals surface area contributed by atoms with E-state index in [-0.39, 0.29) is 35.1 Å². The van der Waals surface area contributed by atoms with Crippen LogP contribution in [0.3, 0.4) is 0 Å². The molecular weight excluding hydrogens is 397 g/mol. The molecule has 2 aromatic rings. The first-order valence-corrected chi connectivity index (χ1v) is 10.9. The second-order valence-electron chi connectivity index (χ2n) is 8.15. The van der Waals surface area contributed by atoms with Gasteiger partial charge in [0.05, 0.1) is 12.6 Å². The highest BCUT2D eigenvalue weighted by Crippen LogP contribution is 2.30. The Morgan fingerprint density at radius 2 is 1.79 bits per heavy atom. The highest BCUT2D eigenvalue weighted by Gasteiger charge is 2.26. The van der Waals surface area contributed by atoms with E-state index in [1.54, 1.807) is 0 Å². The van der Waals surface area contributed by atoms with Gasteiger partial charge in [-0.2, -0.15) is 0 Å². The zero-order valence-electron chi connectivity index (χ0n) is 17.5. The number of rotatable bonds is 6. The van der Waals surface area contributed by atoms with Gasteiger partial charge in [0.1, 0.15) is 11.4 Å². The van der Waals surface area contributed by atoms with Gasteiger partial charge in [0.15, 0.2) is 9.92 Å². The number of nitrogens with two attached hydrogens (primary N) is 1. The molecule has 1 aromatic heterocycles. The summed E-state index contributed by atoms with van der Waals surface area (Å²) in [6.07, 6.45) is 0.922. The molecule has 0 spiro atoms. The van der Waals surface area contributed by atoms with Crippen LogP contribution >= 0.6 is 0 Å². The smallest absolute Gasteiger partial charge is 0.259 e. The number of amides is 1. The number of aliphatic hydroxyl groups is 1. The summed E-state index contributed by atoms with van der Waals surface area (Å²) in [4.78, 5) is 16.4. The number of carbonyl (C=O) groups excluding carboxylic acids is 1. The molecule has 0 fully saturated rings. The minimum Gasteiger partial charge on any atom is -0.426 e. The number of hydrogen-bond acceptors (Lipinski definition) is 5. The minimum absolute atomic E-state index is 0.0168. The van der Waals surface area contributed by atoms with E-state index < -0.39 is 21.4 Å². The molecule has 29 heavy (non-hydrogen) atoms. The van der Waals surface area contributed by atoms with Gasteiger partial charge in [0.25, 0.3) is 5.91 Å². The number of aromatic nitrogens is 1. The third-order valence-electron chi connectivity index (χ3n) is 4.39. The SMILES string of the molecule is CC(C)c1cc(F)cc(C(C)C)c1CC(=O)N=S(N)(=O)c1cnc(C(C)(C)O)o1. The fraction of sp³-hybridized carbons (Fsp3) is 0.500. The zero-order chi connectivity index (χ0) is 22.1. The van der Waals surface area contributed by atoms with Crippen molar-refractivity contribution in [1.29, 1.82) is 0 Å². The maximum Gasteiger partial charge on any atom is 0.259 e. The van der Waals surface area contributed by atoms with E-state index in [1.807, 2.05) is 27.7 Å². The lowest BCUT2D eigenvalue weighted by Crippen LogP contribution is -2.17. The van der Waals surface area contributed by atoms with Crippen molar-refractivity contribution in [2.75, 3.05) is 0 Å². The largest absolute Gasteiger partial charge is 0.426 e. The summed E-state index contributed by atoms with van der Waals surface area (Å²) in [5.41, 5.74) is 0.661. The van der Waals surface area contributed by atoms with E-state index in [9.17, 15) is 18.5 Å². The normalized spacial score (nSPS) is 14.3. The van der Waals surface area contributed by atoms with Gasteiger partial charge in [0, 0.05) is 0 Å². The van der Waals surface area contributed by atoms with Gasteiger partial charge in [0.2, 0.25) is 11.0 Å². The maximum atomic E-state index is 14.0. The average Bonchev–Trinajstić information content (AvgIpc) is 3.06. The van der Waals surface area contributed by atoms with E-state index in [0.29, 0.717) is 16.7 Å². The summed E-state index contributed by atoms with van der Waals surface area (Å²) < 4.78 is 35.7. The van der Waals surface area contributed by atoms with E-state index >= 15 is 0 Å². The van der Waals surface area contributed by atoms with Gasteiger partial charge in [-0.15, -0.1) is 4.36 Å². The quantitative estimate of drug-likeness (QED) is 0.730.